The lowest BCUT2D eigenvalue weighted by Crippen LogP contribution is -2.18. The number of hydrogen-bond donors (Lipinski definition) is 1. The van der Waals surface area contributed by atoms with Gasteiger partial charge in [0.25, 0.3) is 0 Å². The zero-order valence-electron chi connectivity index (χ0n) is 12.3. The van der Waals surface area contributed by atoms with Gasteiger partial charge in [-0.1, -0.05) is 19.3 Å². The molecule has 1 aliphatic heterocycles. The van der Waals surface area contributed by atoms with Crippen LogP contribution in [0.1, 0.15) is 81.6 Å². The molecule has 5 nitrogen and oxygen atoms in total. The number of nitrogens with zero attached hydrogens (tertiary/aromatic N) is 3. The van der Waals surface area contributed by atoms with E-state index in [0.717, 1.165) is 50.5 Å². The summed E-state index contributed by atoms with van der Waals surface area (Å²) in [4.78, 5) is 4.65. The van der Waals surface area contributed by atoms with E-state index in [0.29, 0.717) is 12.0 Å². The van der Waals surface area contributed by atoms with Crippen LogP contribution in [-0.4, -0.2) is 33.1 Å². The average molecular weight is 279 g/mol. The fourth-order valence-corrected chi connectivity index (χ4v) is 3.36. The Morgan fingerprint density at radius 3 is 2.50 bits per heavy atom. The Morgan fingerprint density at radius 1 is 1.15 bits per heavy atom. The first kappa shape index (κ1) is 14.0. The van der Waals surface area contributed by atoms with Crippen LogP contribution in [0, 0.1) is 0 Å². The van der Waals surface area contributed by atoms with Crippen molar-refractivity contribution in [1.29, 1.82) is 0 Å². The van der Waals surface area contributed by atoms with Crippen molar-refractivity contribution in [3.05, 3.63) is 11.6 Å². The molecule has 0 aromatic carbocycles. The number of aromatic nitrogens is 3. The van der Waals surface area contributed by atoms with Crippen LogP contribution in [0.5, 0.6) is 0 Å². The van der Waals surface area contributed by atoms with Gasteiger partial charge in [-0.05, 0) is 32.6 Å². The van der Waals surface area contributed by atoms with Crippen LogP contribution in [0.3, 0.4) is 0 Å². The van der Waals surface area contributed by atoms with Crippen LogP contribution in [0.4, 0.5) is 0 Å². The Balaban J connectivity index is 1.85. The standard InChI is InChI=1S/C15H25N3O2/c1-11(19)15-16-14(12-7-9-20-10-8-12)17-18(15)13-5-3-2-4-6-13/h11-13,19H,2-10H2,1H3/t11-/m0/s1. The van der Waals surface area contributed by atoms with Crippen molar-refractivity contribution < 1.29 is 9.84 Å². The molecule has 1 saturated carbocycles. The smallest absolute Gasteiger partial charge is 0.156 e. The minimum absolute atomic E-state index is 0.395. The number of ether oxygens (including phenoxy) is 1. The Bertz CT molecular complexity index is 432. The van der Waals surface area contributed by atoms with Gasteiger partial charge in [-0.15, -0.1) is 0 Å². The van der Waals surface area contributed by atoms with Crippen LogP contribution >= 0.6 is 0 Å². The first-order valence-corrected chi connectivity index (χ1v) is 7.98. The van der Waals surface area contributed by atoms with E-state index in [1.54, 1.807) is 6.92 Å². The number of aliphatic hydroxyl groups is 1. The molecule has 2 heterocycles. The van der Waals surface area contributed by atoms with Gasteiger partial charge >= 0.3 is 0 Å². The van der Waals surface area contributed by atoms with Crippen molar-refractivity contribution in [3.63, 3.8) is 0 Å². The van der Waals surface area contributed by atoms with Crippen LogP contribution in [0.15, 0.2) is 0 Å². The fraction of sp³-hybridized carbons (Fsp3) is 0.867. The van der Waals surface area contributed by atoms with Gasteiger partial charge < -0.3 is 9.84 Å². The molecular formula is C15H25N3O2. The molecule has 20 heavy (non-hydrogen) atoms. The summed E-state index contributed by atoms with van der Waals surface area (Å²) in [5.74, 6) is 2.05. The monoisotopic (exact) mass is 279 g/mol. The van der Waals surface area contributed by atoms with Gasteiger partial charge in [0.05, 0.1) is 6.04 Å². The molecule has 0 spiro atoms. The molecule has 5 heteroatoms. The van der Waals surface area contributed by atoms with Gasteiger partial charge in [0.15, 0.2) is 11.6 Å². The van der Waals surface area contributed by atoms with Crippen LogP contribution in [0.25, 0.3) is 0 Å². The third-order valence-electron chi connectivity index (χ3n) is 4.55. The topological polar surface area (TPSA) is 60.2 Å². The van der Waals surface area contributed by atoms with Gasteiger partial charge in [-0.2, -0.15) is 5.10 Å². The summed E-state index contributed by atoms with van der Waals surface area (Å²) in [6.45, 7) is 3.39. The second-order valence-corrected chi connectivity index (χ2v) is 6.13. The molecule has 1 aromatic heterocycles. The zero-order valence-corrected chi connectivity index (χ0v) is 12.3. The lowest BCUT2D eigenvalue weighted by atomic mass is 9.95. The van der Waals surface area contributed by atoms with Crippen molar-refractivity contribution in [2.75, 3.05) is 13.2 Å². The molecule has 1 atom stereocenters. The van der Waals surface area contributed by atoms with Crippen molar-refractivity contribution in [1.82, 2.24) is 14.8 Å². The maximum Gasteiger partial charge on any atom is 0.156 e. The predicted octanol–water partition coefficient (Wildman–Crippen LogP) is 2.73. The molecule has 0 bridgehead atoms. The van der Waals surface area contributed by atoms with Gasteiger partial charge in [0, 0.05) is 19.1 Å². The zero-order chi connectivity index (χ0) is 13.9. The summed E-state index contributed by atoms with van der Waals surface area (Å²) < 4.78 is 7.43. The molecule has 2 fully saturated rings. The fourth-order valence-electron chi connectivity index (χ4n) is 3.36. The van der Waals surface area contributed by atoms with E-state index in [9.17, 15) is 5.11 Å². The maximum absolute atomic E-state index is 10.00. The normalized spacial score (nSPS) is 23.9. The van der Waals surface area contributed by atoms with Gasteiger partial charge in [0.1, 0.15) is 6.10 Å². The molecule has 1 saturated heterocycles. The van der Waals surface area contributed by atoms with Crippen LogP contribution in [0.2, 0.25) is 0 Å². The van der Waals surface area contributed by atoms with Crippen molar-refractivity contribution >= 4 is 0 Å². The van der Waals surface area contributed by atoms with E-state index in [2.05, 4.69) is 4.98 Å². The first-order chi connectivity index (χ1) is 9.75. The largest absolute Gasteiger partial charge is 0.385 e. The molecule has 1 aliphatic carbocycles. The summed E-state index contributed by atoms with van der Waals surface area (Å²) in [6, 6.07) is 0.425. The predicted molar refractivity (Wildman–Crippen MR) is 75.6 cm³/mol. The van der Waals surface area contributed by atoms with E-state index < -0.39 is 6.10 Å². The molecule has 1 N–H and O–H groups in total. The molecule has 1 aromatic rings. The Morgan fingerprint density at radius 2 is 1.85 bits per heavy atom. The lowest BCUT2D eigenvalue weighted by Gasteiger charge is -2.24. The number of rotatable bonds is 3. The van der Waals surface area contributed by atoms with Gasteiger partial charge in [-0.3, -0.25) is 0 Å². The van der Waals surface area contributed by atoms with E-state index in [4.69, 9.17) is 9.84 Å². The molecule has 0 unspecified atom stereocenters. The highest BCUT2D eigenvalue weighted by Gasteiger charge is 2.27. The van der Waals surface area contributed by atoms with Crippen LogP contribution < -0.4 is 0 Å². The summed E-state index contributed by atoms with van der Waals surface area (Å²) in [6.07, 6.45) is 7.61. The lowest BCUT2D eigenvalue weighted by molar-refractivity contribution is 0.0834. The van der Waals surface area contributed by atoms with E-state index in [-0.39, 0.29) is 0 Å². The van der Waals surface area contributed by atoms with E-state index in [1.165, 1.54) is 19.3 Å². The van der Waals surface area contributed by atoms with Crippen LogP contribution in [-0.2, 0) is 4.74 Å². The second kappa shape index (κ2) is 6.22. The average Bonchev–Trinajstić information content (AvgIpc) is 2.94. The Hall–Kier alpha value is -0.940. The summed E-state index contributed by atoms with van der Waals surface area (Å²) >= 11 is 0. The highest BCUT2D eigenvalue weighted by Crippen LogP contribution is 2.32. The molecule has 2 aliphatic rings. The minimum atomic E-state index is -0.544. The summed E-state index contributed by atoms with van der Waals surface area (Å²) in [7, 11) is 0. The highest BCUT2D eigenvalue weighted by atomic mass is 16.5. The SMILES string of the molecule is C[C@H](O)c1nc(C2CCOCC2)nn1C1CCCCC1. The molecular weight excluding hydrogens is 254 g/mol. The maximum atomic E-state index is 10.00. The number of aliphatic hydroxyl groups excluding tert-OH is 1. The van der Waals surface area contributed by atoms with E-state index >= 15 is 0 Å². The highest BCUT2D eigenvalue weighted by molar-refractivity contribution is 5.03. The molecule has 0 amide bonds. The van der Waals surface area contributed by atoms with E-state index in [1.807, 2.05) is 4.68 Å². The Labute approximate surface area is 120 Å². The third-order valence-corrected chi connectivity index (χ3v) is 4.55. The molecule has 3 rings (SSSR count). The summed E-state index contributed by atoms with van der Waals surface area (Å²) in [5.41, 5.74) is 0. The third kappa shape index (κ3) is 2.88. The summed E-state index contributed by atoms with van der Waals surface area (Å²) in [5, 5.41) is 14.8. The first-order valence-electron chi connectivity index (χ1n) is 7.98. The van der Waals surface area contributed by atoms with Gasteiger partial charge in [-0.25, -0.2) is 9.67 Å². The quantitative estimate of drug-likeness (QED) is 0.924. The second-order valence-electron chi connectivity index (χ2n) is 6.13. The minimum Gasteiger partial charge on any atom is -0.385 e. The Kier molecular flexibility index (Phi) is 4.36. The van der Waals surface area contributed by atoms with Crippen molar-refractivity contribution in [3.8, 4) is 0 Å². The molecule has 0 radical (unpaired) electrons. The van der Waals surface area contributed by atoms with Crippen molar-refractivity contribution in [2.24, 2.45) is 0 Å². The van der Waals surface area contributed by atoms with Crippen molar-refractivity contribution in [2.45, 2.75) is 69.9 Å². The molecule has 112 valence electrons. The van der Waals surface area contributed by atoms with Gasteiger partial charge in [0.2, 0.25) is 0 Å². The number of hydrogen-bond acceptors (Lipinski definition) is 4.